The summed E-state index contributed by atoms with van der Waals surface area (Å²) in [5.74, 6) is -0.179. The van der Waals surface area contributed by atoms with Gasteiger partial charge in [-0.3, -0.25) is 9.59 Å². The summed E-state index contributed by atoms with van der Waals surface area (Å²) < 4.78 is 0.949. The van der Waals surface area contributed by atoms with Gasteiger partial charge in [0.2, 0.25) is 0 Å². The van der Waals surface area contributed by atoms with Crippen LogP contribution in [0, 0.1) is 5.92 Å². The highest BCUT2D eigenvalue weighted by molar-refractivity contribution is 6.36. The molecule has 0 aromatic rings. The van der Waals surface area contributed by atoms with Crippen LogP contribution in [0.15, 0.2) is 0 Å². The topological polar surface area (TPSA) is 34.1 Å². The molecule has 3 nitrogen and oxygen atoms in total. The number of carbonyl (C=O) groups excluding carboxylic acids is 2. The third-order valence-electron chi connectivity index (χ3n) is 5.47. The smallest absolute Gasteiger partial charge is 0.198 e. The molecule has 0 aliphatic carbocycles. The largest absolute Gasteiger partial charge is 0.320 e. The average molecular weight is 254 g/mol. The van der Waals surface area contributed by atoms with Crippen molar-refractivity contribution in [3.05, 3.63) is 0 Å². The van der Waals surface area contributed by atoms with Crippen molar-refractivity contribution in [2.45, 2.75) is 65.0 Å². The summed E-state index contributed by atoms with van der Waals surface area (Å²) in [7, 11) is 4.53. The summed E-state index contributed by atoms with van der Waals surface area (Å²) in [6.45, 7) is 10.4. The Labute approximate surface area is 111 Å². The Morgan fingerprint density at radius 1 is 1.06 bits per heavy atom. The molecule has 18 heavy (non-hydrogen) atoms. The van der Waals surface area contributed by atoms with E-state index in [1.807, 2.05) is 0 Å². The van der Waals surface area contributed by atoms with Gasteiger partial charge in [0, 0.05) is 26.2 Å². The molecule has 0 atom stereocenters. The van der Waals surface area contributed by atoms with E-state index in [1.54, 1.807) is 0 Å². The number of piperidine rings is 1. The van der Waals surface area contributed by atoms with Gasteiger partial charge in [0.1, 0.15) is 0 Å². The maximum absolute atomic E-state index is 11.6. The van der Waals surface area contributed by atoms with Crippen molar-refractivity contribution in [1.29, 1.82) is 0 Å². The van der Waals surface area contributed by atoms with E-state index in [0.717, 1.165) is 17.3 Å². The lowest BCUT2D eigenvalue weighted by Crippen LogP contribution is -2.70. The van der Waals surface area contributed by atoms with Gasteiger partial charge in [-0.15, -0.1) is 0 Å². The number of likely N-dealkylation sites (tertiary alicyclic amines) is 1. The van der Waals surface area contributed by atoms with Crippen LogP contribution in [-0.2, 0) is 9.59 Å². The molecule has 0 spiro atoms. The van der Waals surface area contributed by atoms with Gasteiger partial charge in [0.15, 0.2) is 11.6 Å². The predicted octanol–water partition coefficient (Wildman–Crippen LogP) is 2.58. The van der Waals surface area contributed by atoms with Gasteiger partial charge >= 0.3 is 0 Å². The van der Waals surface area contributed by atoms with Crippen molar-refractivity contribution < 1.29 is 14.1 Å². The molecular weight excluding hydrogens is 226 g/mol. The summed E-state index contributed by atoms with van der Waals surface area (Å²) in [5.41, 5.74) is 0.257. The molecule has 0 unspecified atom stereocenters. The first-order valence-corrected chi connectivity index (χ1v) is 6.79. The molecule has 1 rings (SSSR count). The molecule has 0 aromatic carbocycles. The van der Waals surface area contributed by atoms with Gasteiger partial charge in [-0.1, -0.05) is 0 Å². The second-order valence-corrected chi connectivity index (χ2v) is 7.54. The van der Waals surface area contributed by atoms with Crippen LogP contribution in [0.1, 0.15) is 53.9 Å². The van der Waals surface area contributed by atoms with Crippen LogP contribution < -0.4 is 0 Å². The fourth-order valence-electron chi connectivity index (χ4n) is 3.31. The van der Waals surface area contributed by atoms with Crippen LogP contribution in [0.5, 0.6) is 0 Å². The molecule has 0 bridgehead atoms. The van der Waals surface area contributed by atoms with Crippen LogP contribution >= 0.6 is 0 Å². The van der Waals surface area contributed by atoms with E-state index in [4.69, 9.17) is 0 Å². The van der Waals surface area contributed by atoms with Crippen molar-refractivity contribution in [1.82, 2.24) is 0 Å². The van der Waals surface area contributed by atoms with Crippen LogP contribution in [0.3, 0.4) is 0 Å². The molecule has 0 amide bonds. The van der Waals surface area contributed by atoms with Gasteiger partial charge in [-0.05, 0) is 33.6 Å². The lowest BCUT2D eigenvalue weighted by Gasteiger charge is -2.59. The number of ketones is 2. The Morgan fingerprint density at radius 3 is 1.78 bits per heavy atom. The Bertz CT molecular complexity index is 347. The molecule has 0 aromatic heterocycles. The molecule has 3 heteroatoms. The third kappa shape index (κ3) is 2.51. The fourth-order valence-corrected chi connectivity index (χ4v) is 3.31. The van der Waals surface area contributed by atoms with E-state index >= 15 is 0 Å². The first kappa shape index (κ1) is 15.4. The summed E-state index contributed by atoms with van der Waals surface area (Å²) >= 11 is 0. The van der Waals surface area contributed by atoms with E-state index < -0.39 is 0 Å². The van der Waals surface area contributed by atoms with E-state index in [-0.39, 0.29) is 22.6 Å². The van der Waals surface area contributed by atoms with Crippen molar-refractivity contribution in [3.63, 3.8) is 0 Å². The monoisotopic (exact) mass is 254 g/mol. The van der Waals surface area contributed by atoms with E-state index in [2.05, 4.69) is 41.8 Å². The number of quaternary nitrogens is 1. The molecule has 0 N–H and O–H groups in total. The number of hydrogen-bond acceptors (Lipinski definition) is 2. The highest BCUT2D eigenvalue weighted by atomic mass is 16.2. The number of hydrogen-bond donors (Lipinski definition) is 0. The lowest BCUT2D eigenvalue weighted by atomic mass is 9.70. The maximum Gasteiger partial charge on any atom is 0.198 e. The van der Waals surface area contributed by atoms with Crippen molar-refractivity contribution >= 4 is 11.6 Å². The highest BCUT2D eigenvalue weighted by Gasteiger charge is 2.53. The predicted molar refractivity (Wildman–Crippen MR) is 73.3 cm³/mol. The van der Waals surface area contributed by atoms with E-state index in [1.165, 1.54) is 6.92 Å². The van der Waals surface area contributed by atoms with Crippen molar-refractivity contribution in [2.24, 2.45) is 5.92 Å². The van der Waals surface area contributed by atoms with Gasteiger partial charge in [-0.25, -0.2) is 0 Å². The number of carbonyl (C=O) groups is 2. The summed E-state index contributed by atoms with van der Waals surface area (Å²) in [6, 6.07) is 0. The quantitative estimate of drug-likeness (QED) is 0.573. The zero-order valence-corrected chi connectivity index (χ0v) is 13.0. The van der Waals surface area contributed by atoms with Crippen LogP contribution in [0.25, 0.3) is 0 Å². The van der Waals surface area contributed by atoms with Crippen molar-refractivity contribution in [2.75, 3.05) is 14.1 Å². The van der Waals surface area contributed by atoms with Gasteiger partial charge in [0.25, 0.3) is 0 Å². The molecule has 0 saturated carbocycles. The number of Topliss-reactive ketones (excluding diaryl/α,β-unsaturated/α-hetero) is 2. The first-order valence-electron chi connectivity index (χ1n) is 6.79. The molecular formula is C15H28NO2+. The van der Waals surface area contributed by atoms with Crippen molar-refractivity contribution in [3.8, 4) is 0 Å². The minimum Gasteiger partial charge on any atom is -0.320 e. The molecule has 104 valence electrons. The average Bonchev–Trinajstić information content (AvgIpc) is 2.13. The van der Waals surface area contributed by atoms with Gasteiger partial charge in [0.05, 0.1) is 25.2 Å². The normalized spacial score (nSPS) is 25.7. The minimum absolute atomic E-state index is 0.128. The molecule has 0 radical (unpaired) electrons. The second-order valence-electron chi connectivity index (χ2n) is 7.54. The van der Waals surface area contributed by atoms with E-state index in [0.29, 0.717) is 12.3 Å². The Kier molecular flexibility index (Phi) is 3.79. The zero-order valence-electron chi connectivity index (χ0n) is 13.0. The van der Waals surface area contributed by atoms with Crippen LogP contribution in [-0.4, -0.2) is 41.2 Å². The highest BCUT2D eigenvalue weighted by Crippen LogP contribution is 2.46. The van der Waals surface area contributed by atoms with Gasteiger partial charge < -0.3 is 4.48 Å². The Morgan fingerprint density at radius 2 is 1.44 bits per heavy atom. The second kappa shape index (κ2) is 4.44. The Balaban J connectivity index is 2.91. The lowest BCUT2D eigenvalue weighted by molar-refractivity contribution is -0.988. The standard InChI is InChI=1S/C15H28NO2/c1-11(17)13(18)8-12-9-14(2,3)16(6,7)15(4,5)10-12/h12H,8-10H2,1-7H3/q+1. The fraction of sp³-hybridized carbons (Fsp3) is 0.867. The van der Waals surface area contributed by atoms with Crippen LogP contribution in [0.4, 0.5) is 0 Å². The number of rotatable bonds is 3. The zero-order chi connectivity index (χ0) is 14.4. The SMILES string of the molecule is CC(=O)C(=O)CC1CC(C)(C)[N+](C)(C)C(C)(C)C1. The molecule has 1 heterocycles. The molecule has 1 aliphatic heterocycles. The first-order chi connectivity index (χ1) is 7.91. The van der Waals surface area contributed by atoms with E-state index in [9.17, 15) is 9.59 Å². The third-order valence-corrected chi connectivity index (χ3v) is 5.47. The Hall–Kier alpha value is -0.700. The molecule has 1 aliphatic rings. The summed E-state index contributed by atoms with van der Waals surface area (Å²) in [5, 5.41) is 0. The van der Waals surface area contributed by atoms with Crippen LogP contribution in [0.2, 0.25) is 0 Å². The summed E-state index contributed by atoms with van der Waals surface area (Å²) in [6.07, 6.45) is 2.42. The maximum atomic E-state index is 11.6. The number of nitrogens with zero attached hydrogens (tertiary/aromatic N) is 1. The summed E-state index contributed by atoms with van der Waals surface area (Å²) in [4.78, 5) is 22.8. The van der Waals surface area contributed by atoms with Gasteiger partial charge in [-0.2, -0.15) is 0 Å². The molecule has 1 fully saturated rings. The molecule has 1 saturated heterocycles. The minimum atomic E-state index is -0.301.